The molecule has 3 aromatic carbocycles. The van der Waals surface area contributed by atoms with Crippen LogP contribution in [-0.2, 0) is 17.8 Å². The third-order valence-electron chi connectivity index (χ3n) is 7.61. The number of ether oxygens (including phenoxy) is 1. The molecular weight excluding hydrogens is 480 g/mol. The molecule has 0 unspecified atom stereocenters. The Bertz CT molecular complexity index is 1850. The van der Waals surface area contributed by atoms with Crippen molar-refractivity contribution in [2.75, 3.05) is 6.54 Å². The van der Waals surface area contributed by atoms with Crippen LogP contribution in [0.3, 0.4) is 0 Å². The van der Waals surface area contributed by atoms with E-state index in [9.17, 15) is 14.4 Å². The number of carbonyl (C=O) groups is 3. The van der Waals surface area contributed by atoms with E-state index in [0.29, 0.717) is 24.2 Å². The van der Waals surface area contributed by atoms with Gasteiger partial charge >= 0.3 is 6.09 Å². The fourth-order valence-corrected chi connectivity index (χ4v) is 6.20. The van der Waals surface area contributed by atoms with Crippen LogP contribution < -0.4 is 5.32 Å². The second-order valence-corrected chi connectivity index (χ2v) is 11.3. The number of nitrogens with one attached hydrogen (secondary N) is 2. The van der Waals surface area contributed by atoms with Gasteiger partial charge in [-0.25, -0.2) is 4.79 Å². The molecule has 2 aliphatic rings. The molecule has 38 heavy (non-hydrogen) atoms. The topological polar surface area (TPSA) is 96.4 Å². The number of benzene rings is 3. The number of amides is 3. The van der Waals surface area contributed by atoms with E-state index in [1.165, 1.54) is 0 Å². The lowest BCUT2D eigenvalue weighted by atomic mass is 9.96. The van der Waals surface area contributed by atoms with Crippen LogP contribution in [-0.4, -0.2) is 44.5 Å². The number of H-pyrrole nitrogens is 1. The molecule has 0 aliphatic carbocycles. The van der Waals surface area contributed by atoms with Gasteiger partial charge in [0.05, 0.1) is 34.2 Å². The molecule has 0 saturated heterocycles. The SMILES string of the molecule is CC(C)(C)OC(=O)N1CCCCn2c3c(cccc3c3c4c(c5c6ccccc6[nH]c5c32)C(=O)NC4=O)C1. The molecule has 7 rings (SSSR count). The minimum atomic E-state index is -0.585. The van der Waals surface area contributed by atoms with Crippen LogP contribution in [0.15, 0.2) is 42.5 Å². The van der Waals surface area contributed by atoms with Gasteiger partial charge in [0, 0.05) is 40.2 Å². The number of fused-ring (bicyclic) bond motifs is 10. The summed E-state index contributed by atoms with van der Waals surface area (Å²) in [7, 11) is 0. The second kappa shape index (κ2) is 7.84. The van der Waals surface area contributed by atoms with Crippen LogP contribution in [0.1, 0.15) is 59.9 Å². The summed E-state index contributed by atoms with van der Waals surface area (Å²) in [6.07, 6.45) is 1.33. The molecule has 4 heterocycles. The van der Waals surface area contributed by atoms with Crippen molar-refractivity contribution in [1.29, 1.82) is 0 Å². The Kier molecular flexibility index (Phi) is 4.71. The number of aryl methyl sites for hydroxylation is 1. The Hall–Kier alpha value is -4.33. The van der Waals surface area contributed by atoms with Crippen LogP contribution >= 0.6 is 0 Å². The third kappa shape index (κ3) is 3.19. The van der Waals surface area contributed by atoms with Crippen molar-refractivity contribution in [1.82, 2.24) is 19.8 Å². The number of hydrogen-bond acceptors (Lipinski definition) is 4. The number of hydrogen-bond donors (Lipinski definition) is 2. The van der Waals surface area contributed by atoms with Gasteiger partial charge in [0.2, 0.25) is 0 Å². The molecule has 2 aromatic heterocycles. The third-order valence-corrected chi connectivity index (χ3v) is 7.61. The average Bonchev–Trinajstić information content (AvgIpc) is 3.50. The normalized spacial score (nSPS) is 16.1. The van der Waals surface area contributed by atoms with E-state index in [4.69, 9.17) is 4.74 Å². The molecular formula is C30H28N4O4. The fourth-order valence-electron chi connectivity index (χ4n) is 6.20. The minimum Gasteiger partial charge on any atom is -0.444 e. The predicted octanol–water partition coefficient (Wildman–Crippen LogP) is 5.84. The lowest BCUT2D eigenvalue weighted by Crippen LogP contribution is -2.37. The lowest BCUT2D eigenvalue weighted by Gasteiger charge is -2.27. The molecule has 0 radical (unpaired) electrons. The first-order chi connectivity index (χ1) is 18.2. The molecule has 3 amide bonds. The maximum atomic E-state index is 13.3. The van der Waals surface area contributed by atoms with E-state index in [-0.39, 0.29) is 17.9 Å². The largest absolute Gasteiger partial charge is 0.444 e. The predicted molar refractivity (Wildman–Crippen MR) is 146 cm³/mol. The van der Waals surface area contributed by atoms with Gasteiger partial charge in [-0.15, -0.1) is 0 Å². The van der Waals surface area contributed by atoms with E-state index < -0.39 is 5.60 Å². The van der Waals surface area contributed by atoms with Crippen molar-refractivity contribution in [2.24, 2.45) is 0 Å². The highest BCUT2D eigenvalue weighted by Gasteiger charge is 2.36. The molecule has 0 saturated carbocycles. The second-order valence-electron chi connectivity index (χ2n) is 11.3. The summed E-state index contributed by atoms with van der Waals surface area (Å²) in [5, 5.41) is 5.94. The number of aromatic nitrogens is 2. The van der Waals surface area contributed by atoms with Crippen molar-refractivity contribution in [3.63, 3.8) is 0 Å². The van der Waals surface area contributed by atoms with Crippen molar-refractivity contribution in [2.45, 2.75) is 52.3 Å². The van der Waals surface area contributed by atoms with Gasteiger partial charge in [-0.1, -0.05) is 36.4 Å². The fraction of sp³-hybridized carbons (Fsp3) is 0.300. The van der Waals surface area contributed by atoms with Gasteiger partial charge in [0.25, 0.3) is 11.8 Å². The molecule has 0 spiro atoms. The monoisotopic (exact) mass is 508 g/mol. The molecule has 2 N–H and O–H groups in total. The summed E-state index contributed by atoms with van der Waals surface area (Å²) >= 11 is 0. The highest BCUT2D eigenvalue weighted by Crippen LogP contribution is 2.44. The Labute approximate surface area is 218 Å². The van der Waals surface area contributed by atoms with Crippen molar-refractivity contribution < 1.29 is 19.1 Å². The first kappa shape index (κ1) is 22.8. The van der Waals surface area contributed by atoms with E-state index in [2.05, 4.69) is 14.9 Å². The van der Waals surface area contributed by atoms with Gasteiger partial charge in [0.15, 0.2) is 0 Å². The molecule has 192 valence electrons. The van der Waals surface area contributed by atoms with Gasteiger partial charge in [-0.05, 0) is 45.2 Å². The van der Waals surface area contributed by atoms with Crippen LogP contribution in [0.2, 0.25) is 0 Å². The molecule has 2 aliphatic heterocycles. The molecule has 0 bridgehead atoms. The van der Waals surface area contributed by atoms with Crippen LogP contribution in [0.4, 0.5) is 4.79 Å². The van der Waals surface area contributed by atoms with Crippen LogP contribution in [0, 0.1) is 0 Å². The molecule has 8 nitrogen and oxygen atoms in total. The maximum Gasteiger partial charge on any atom is 0.410 e. The van der Waals surface area contributed by atoms with Crippen molar-refractivity contribution in [3.8, 4) is 0 Å². The first-order valence-electron chi connectivity index (χ1n) is 13.1. The minimum absolute atomic E-state index is 0.331. The summed E-state index contributed by atoms with van der Waals surface area (Å²) in [4.78, 5) is 44.9. The standard InChI is InChI=1S/C30H28N4O4/c1-30(2,3)38-29(37)33-13-6-7-14-34-25-16(15-33)9-8-11-18(25)21-23-22(27(35)32-28(23)36)20-17-10-4-5-12-19(17)31-24(20)26(21)34/h4-5,8-12,31H,6-7,13-15H2,1-3H3,(H,32,35,36). The van der Waals surface area contributed by atoms with Crippen molar-refractivity contribution in [3.05, 3.63) is 59.2 Å². The highest BCUT2D eigenvalue weighted by molar-refractivity contribution is 6.39. The number of nitrogens with zero attached hydrogens (tertiary/aromatic N) is 2. The summed E-state index contributed by atoms with van der Waals surface area (Å²) in [5.74, 6) is -0.731. The Balaban J connectivity index is 1.58. The Morgan fingerprint density at radius 1 is 0.868 bits per heavy atom. The van der Waals surface area contributed by atoms with E-state index in [1.54, 1.807) is 4.90 Å². The summed E-state index contributed by atoms with van der Waals surface area (Å²) in [6.45, 7) is 7.33. The highest BCUT2D eigenvalue weighted by atomic mass is 16.6. The number of para-hydroxylation sites is 2. The molecule has 0 atom stereocenters. The quantitative estimate of drug-likeness (QED) is 0.257. The summed E-state index contributed by atoms with van der Waals surface area (Å²) in [5.41, 5.74) is 4.95. The first-order valence-corrected chi connectivity index (χ1v) is 13.1. The summed E-state index contributed by atoms with van der Waals surface area (Å²) in [6, 6.07) is 13.9. The van der Waals surface area contributed by atoms with Crippen LogP contribution in [0.25, 0.3) is 43.6 Å². The zero-order chi connectivity index (χ0) is 26.3. The molecule has 0 fully saturated rings. The number of imide groups is 1. The zero-order valence-electron chi connectivity index (χ0n) is 21.6. The van der Waals surface area contributed by atoms with Gasteiger partial charge in [-0.2, -0.15) is 0 Å². The van der Waals surface area contributed by atoms with Gasteiger partial charge in [-0.3, -0.25) is 14.9 Å². The van der Waals surface area contributed by atoms with Crippen LogP contribution in [0.5, 0.6) is 0 Å². The summed E-state index contributed by atoms with van der Waals surface area (Å²) < 4.78 is 8.00. The van der Waals surface area contributed by atoms with Gasteiger partial charge in [0.1, 0.15) is 5.60 Å². The van der Waals surface area contributed by atoms with Crippen molar-refractivity contribution >= 4 is 61.5 Å². The Morgan fingerprint density at radius 2 is 1.58 bits per heavy atom. The van der Waals surface area contributed by atoms with E-state index in [1.807, 2.05) is 63.2 Å². The smallest absolute Gasteiger partial charge is 0.410 e. The Morgan fingerprint density at radius 3 is 2.37 bits per heavy atom. The van der Waals surface area contributed by atoms with E-state index >= 15 is 0 Å². The number of rotatable bonds is 0. The van der Waals surface area contributed by atoms with Gasteiger partial charge < -0.3 is 19.2 Å². The molecule has 5 aromatic rings. The molecule has 8 heteroatoms. The number of aromatic amines is 1. The lowest BCUT2D eigenvalue weighted by molar-refractivity contribution is 0.0231. The zero-order valence-corrected chi connectivity index (χ0v) is 21.6. The van der Waals surface area contributed by atoms with E-state index in [0.717, 1.165) is 68.6 Å². The average molecular weight is 509 g/mol. The number of carbonyl (C=O) groups excluding carboxylic acids is 3. The maximum absolute atomic E-state index is 13.3.